The molecule has 0 bridgehead atoms. The topological polar surface area (TPSA) is 33.7 Å². The van der Waals surface area contributed by atoms with E-state index in [1.807, 2.05) is 31.0 Å². The van der Waals surface area contributed by atoms with Crippen LogP contribution in [0.3, 0.4) is 0 Å². The highest BCUT2D eigenvalue weighted by atomic mass is 32.1. The molecule has 19 heavy (non-hydrogen) atoms. The lowest BCUT2D eigenvalue weighted by atomic mass is 10.1. The number of benzene rings is 1. The van der Waals surface area contributed by atoms with E-state index in [9.17, 15) is 0 Å². The summed E-state index contributed by atoms with van der Waals surface area (Å²) in [6.07, 6.45) is 0. The summed E-state index contributed by atoms with van der Waals surface area (Å²) in [5.41, 5.74) is 2.32. The maximum atomic E-state index is 5.33. The largest absolute Gasteiger partial charge is 0.493 e. The summed E-state index contributed by atoms with van der Waals surface area (Å²) in [4.78, 5) is 2.01. The van der Waals surface area contributed by atoms with Crippen LogP contribution in [0.15, 0.2) is 12.1 Å². The van der Waals surface area contributed by atoms with Crippen molar-refractivity contribution in [1.82, 2.24) is 10.2 Å². The van der Waals surface area contributed by atoms with Crippen LogP contribution in [0.1, 0.15) is 18.1 Å². The number of aryl methyl sites for hydroxylation is 1. The average Bonchev–Trinajstić information content (AvgIpc) is 2.40. The molecular weight excluding hydrogens is 260 g/mol. The van der Waals surface area contributed by atoms with Crippen molar-refractivity contribution in [3.8, 4) is 11.5 Å². The van der Waals surface area contributed by atoms with E-state index in [0.29, 0.717) is 0 Å². The standard InChI is InChI=1S/C14H22N2O2S/c1-6-15-14(19)16(3)9-11-8-13(18-5)12(17-4)7-10(11)2/h7-8H,6,9H2,1-5H3,(H,15,19). The second-order valence-corrected chi connectivity index (χ2v) is 4.71. The molecule has 0 saturated heterocycles. The van der Waals surface area contributed by atoms with Gasteiger partial charge in [-0.2, -0.15) is 0 Å². The zero-order valence-corrected chi connectivity index (χ0v) is 13.1. The van der Waals surface area contributed by atoms with E-state index in [0.717, 1.165) is 35.3 Å². The lowest BCUT2D eigenvalue weighted by molar-refractivity contribution is 0.353. The quantitative estimate of drug-likeness (QED) is 0.838. The Morgan fingerprint density at radius 2 is 1.84 bits per heavy atom. The molecular formula is C14H22N2O2S. The Balaban J connectivity index is 2.92. The van der Waals surface area contributed by atoms with Crippen LogP contribution in [0.5, 0.6) is 11.5 Å². The number of rotatable bonds is 5. The van der Waals surface area contributed by atoms with Gasteiger partial charge in [0.25, 0.3) is 0 Å². The Labute approximate surface area is 120 Å². The average molecular weight is 282 g/mol. The SMILES string of the molecule is CCNC(=S)N(C)Cc1cc(OC)c(OC)cc1C. The highest BCUT2D eigenvalue weighted by Gasteiger charge is 2.11. The van der Waals surface area contributed by atoms with Gasteiger partial charge in [0, 0.05) is 20.1 Å². The highest BCUT2D eigenvalue weighted by Crippen LogP contribution is 2.30. The van der Waals surface area contributed by atoms with Gasteiger partial charge in [-0.15, -0.1) is 0 Å². The molecule has 1 rings (SSSR count). The summed E-state index contributed by atoms with van der Waals surface area (Å²) >= 11 is 5.29. The summed E-state index contributed by atoms with van der Waals surface area (Å²) in [6, 6.07) is 3.98. The molecule has 0 radical (unpaired) electrons. The van der Waals surface area contributed by atoms with Gasteiger partial charge < -0.3 is 19.7 Å². The molecule has 0 amide bonds. The molecule has 0 aliphatic carbocycles. The van der Waals surface area contributed by atoms with Crippen LogP contribution in [-0.2, 0) is 6.54 Å². The molecule has 0 spiro atoms. The summed E-state index contributed by atoms with van der Waals surface area (Å²) in [5.74, 6) is 1.49. The summed E-state index contributed by atoms with van der Waals surface area (Å²) in [6.45, 7) is 5.65. The molecule has 0 aliphatic heterocycles. The number of ether oxygens (including phenoxy) is 2. The van der Waals surface area contributed by atoms with Gasteiger partial charge >= 0.3 is 0 Å². The minimum Gasteiger partial charge on any atom is -0.493 e. The maximum absolute atomic E-state index is 5.33. The van der Waals surface area contributed by atoms with E-state index in [-0.39, 0.29) is 0 Å². The second kappa shape index (κ2) is 7.19. The molecule has 0 unspecified atom stereocenters. The lowest BCUT2D eigenvalue weighted by Gasteiger charge is -2.22. The number of hydrogen-bond acceptors (Lipinski definition) is 3. The van der Waals surface area contributed by atoms with Crippen LogP contribution in [0.25, 0.3) is 0 Å². The first-order valence-corrected chi connectivity index (χ1v) is 6.64. The van der Waals surface area contributed by atoms with Crippen molar-refractivity contribution in [3.05, 3.63) is 23.3 Å². The summed E-state index contributed by atoms with van der Waals surface area (Å²) < 4.78 is 10.6. The molecule has 106 valence electrons. The van der Waals surface area contributed by atoms with Crippen LogP contribution in [0.4, 0.5) is 0 Å². The molecule has 5 heteroatoms. The first-order chi connectivity index (χ1) is 9.03. The van der Waals surface area contributed by atoms with E-state index < -0.39 is 0 Å². The molecule has 0 heterocycles. The van der Waals surface area contributed by atoms with Crippen molar-refractivity contribution in [1.29, 1.82) is 0 Å². The molecule has 4 nitrogen and oxygen atoms in total. The van der Waals surface area contributed by atoms with Gasteiger partial charge in [-0.1, -0.05) is 0 Å². The zero-order chi connectivity index (χ0) is 14.4. The van der Waals surface area contributed by atoms with Gasteiger partial charge in [-0.3, -0.25) is 0 Å². The van der Waals surface area contributed by atoms with E-state index in [4.69, 9.17) is 21.7 Å². The molecule has 0 fully saturated rings. The zero-order valence-electron chi connectivity index (χ0n) is 12.2. The lowest BCUT2D eigenvalue weighted by Crippen LogP contribution is -2.36. The molecule has 1 aromatic rings. The fourth-order valence-corrected chi connectivity index (χ4v) is 2.02. The van der Waals surface area contributed by atoms with E-state index in [1.54, 1.807) is 14.2 Å². The summed E-state index contributed by atoms with van der Waals surface area (Å²) in [5, 5.41) is 3.88. The Morgan fingerprint density at radius 1 is 1.26 bits per heavy atom. The number of hydrogen-bond donors (Lipinski definition) is 1. The van der Waals surface area contributed by atoms with Gasteiger partial charge in [-0.05, 0) is 49.3 Å². The Kier molecular flexibility index (Phi) is 5.89. The van der Waals surface area contributed by atoms with Crippen molar-refractivity contribution in [2.24, 2.45) is 0 Å². The van der Waals surface area contributed by atoms with Crippen molar-refractivity contribution >= 4 is 17.3 Å². The Hall–Kier alpha value is -1.49. The first kappa shape index (κ1) is 15.6. The van der Waals surface area contributed by atoms with E-state index >= 15 is 0 Å². The number of nitrogens with one attached hydrogen (secondary N) is 1. The van der Waals surface area contributed by atoms with Gasteiger partial charge in [0.05, 0.1) is 14.2 Å². The monoisotopic (exact) mass is 282 g/mol. The van der Waals surface area contributed by atoms with Crippen LogP contribution in [0, 0.1) is 6.92 Å². The van der Waals surface area contributed by atoms with Gasteiger partial charge in [-0.25, -0.2) is 0 Å². The summed E-state index contributed by atoms with van der Waals surface area (Å²) in [7, 11) is 5.26. The molecule has 1 aromatic carbocycles. The molecule has 0 atom stereocenters. The van der Waals surface area contributed by atoms with E-state index in [2.05, 4.69) is 12.2 Å². The predicted molar refractivity (Wildman–Crippen MR) is 82.0 cm³/mol. The minimum atomic E-state index is 0.734. The van der Waals surface area contributed by atoms with Gasteiger partial charge in [0.15, 0.2) is 16.6 Å². The number of methoxy groups -OCH3 is 2. The van der Waals surface area contributed by atoms with Crippen molar-refractivity contribution in [2.45, 2.75) is 20.4 Å². The fourth-order valence-electron chi connectivity index (χ4n) is 1.81. The highest BCUT2D eigenvalue weighted by molar-refractivity contribution is 7.80. The molecule has 0 aromatic heterocycles. The third kappa shape index (κ3) is 3.99. The van der Waals surface area contributed by atoms with Crippen LogP contribution >= 0.6 is 12.2 Å². The van der Waals surface area contributed by atoms with E-state index in [1.165, 1.54) is 5.56 Å². The minimum absolute atomic E-state index is 0.734. The van der Waals surface area contributed by atoms with Crippen LogP contribution in [0.2, 0.25) is 0 Å². The fraction of sp³-hybridized carbons (Fsp3) is 0.500. The second-order valence-electron chi connectivity index (χ2n) is 4.33. The third-order valence-electron chi connectivity index (χ3n) is 2.92. The van der Waals surface area contributed by atoms with Crippen LogP contribution < -0.4 is 14.8 Å². The third-order valence-corrected chi connectivity index (χ3v) is 3.38. The van der Waals surface area contributed by atoms with Crippen molar-refractivity contribution in [3.63, 3.8) is 0 Å². The predicted octanol–water partition coefficient (Wildman–Crippen LogP) is 2.34. The Bertz CT molecular complexity index is 449. The maximum Gasteiger partial charge on any atom is 0.168 e. The molecule has 0 saturated carbocycles. The van der Waals surface area contributed by atoms with Crippen LogP contribution in [-0.4, -0.2) is 37.8 Å². The smallest absolute Gasteiger partial charge is 0.168 e. The number of thiocarbonyl (C=S) groups is 1. The van der Waals surface area contributed by atoms with Gasteiger partial charge in [0.2, 0.25) is 0 Å². The first-order valence-electron chi connectivity index (χ1n) is 6.23. The van der Waals surface area contributed by atoms with Gasteiger partial charge in [0.1, 0.15) is 0 Å². The normalized spacial score (nSPS) is 9.95. The van der Waals surface area contributed by atoms with Crippen molar-refractivity contribution in [2.75, 3.05) is 27.8 Å². The molecule has 1 N–H and O–H groups in total. The number of nitrogens with zero attached hydrogens (tertiary/aromatic N) is 1. The Morgan fingerprint density at radius 3 is 2.37 bits per heavy atom. The molecule has 0 aliphatic rings. The van der Waals surface area contributed by atoms with Crippen molar-refractivity contribution < 1.29 is 9.47 Å².